The molecule has 0 fully saturated rings. The normalized spacial score (nSPS) is 8.56. The smallest absolute Gasteiger partial charge is 0.140 e. The molecule has 0 bridgehead atoms. The second kappa shape index (κ2) is 20.3. The minimum Gasteiger partial charge on any atom is -0.310 e. The Morgan fingerprint density at radius 1 is 1.06 bits per heavy atom. The first-order valence-electron chi connectivity index (χ1n) is 4.82. The molecule has 0 aliphatic rings. The van der Waals surface area contributed by atoms with Crippen LogP contribution >= 0.6 is 64.8 Å². The molecule has 0 spiro atoms. The number of hydrogen-bond acceptors (Lipinski definition) is 1. The molecule has 0 radical (unpaired) electrons. The van der Waals surface area contributed by atoms with E-state index in [0.29, 0.717) is 0 Å². The van der Waals surface area contributed by atoms with Crippen LogP contribution in [-0.2, 0) is 0 Å². The third-order valence-electron chi connectivity index (χ3n) is 1.25. The Labute approximate surface area is 149 Å². The Morgan fingerprint density at radius 3 is 1.50 bits per heavy atom. The van der Waals surface area contributed by atoms with E-state index >= 15 is 0 Å². The molecule has 0 heterocycles. The van der Waals surface area contributed by atoms with Crippen molar-refractivity contribution in [2.24, 2.45) is 0 Å². The summed E-state index contributed by atoms with van der Waals surface area (Å²) in [6.45, 7) is 1.52. The van der Waals surface area contributed by atoms with Gasteiger partial charge in [0.05, 0.1) is 24.9 Å². The van der Waals surface area contributed by atoms with Crippen LogP contribution in [-0.4, -0.2) is 60.4 Å². The zero-order valence-electron chi connectivity index (χ0n) is 11.4. The van der Waals surface area contributed by atoms with Gasteiger partial charge in [-0.25, -0.2) is 0 Å². The molecular weight excluding hydrogens is 492 g/mol. The fourth-order valence-corrected chi connectivity index (χ4v) is 0.649. The molecule has 0 aromatic carbocycles. The Balaban J connectivity index is -0.0000000875. The Kier molecular flexibility index (Phi) is 30.8. The molecule has 0 rings (SSSR count). The first-order chi connectivity index (χ1) is 7.81. The summed E-state index contributed by atoms with van der Waals surface area (Å²) in [5.41, 5.74) is 0.914. The van der Waals surface area contributed by atoms with Crippen LogP contribution in [0.2, 0.25) is 0 Å². The first kappa shape index (κ1) is 27.3. The maximum absolute atomic E-state index is 5.10. The van der Waals surface area contributed by atoms with Crippen LogP contribution in [0.5, 0.6) is 0 Å². The van der Waals surface area contributed by atoms with Crippen LogP contribution in [0.3, 0.4) is 0 Å². The molecule has 0 saturated carbocycles. The highest BCUT2D eigenvalue weighted by Gasteiger charge is 2.08. The Hall–Kier alpha value is 0.960. The highest BCUT2D eigenvalue weighted by atomic mass is 79.9. The summed E-state index contributed by atoms with van der Waals surface area (Å²) in [6, 6.07) is 0. The average molecular weight is 515 g/mol. The summed E-state index contributed by atoms with van der Waals surface area (Å²) in [5.74, 6) is 5.09. The van der Waals surface area contributed by atoms with Gasteiger partial charge in [-0.05, 0) is 35.9 Å². The summed E-state index contributed by atoms with van der Waals surface area (Å²) in [7, 11) is 8.04. The predicted octanol–water partition coefficient (Wildman–Crippen LogP) is 3.54. The third kappa shape index (κ3) is 36.0. The van der Waals surface area contributed by atoms with Crippen LogP contribution in [0.1, 0.15) is 0 Å². The van der Waals surface area contributed by atoms with Gasteiger partial charge in [-0.2, -0.15) is 0 Å². The van der Waals surface area contributed by atoms with Crippen molar-refractivity contribution in [2.75, 3.05) is 51.0 Å². The molecule has 0 N–H and O–H groups in total. The number of rotatable bonds is 3. The molecule has 0 aliphatic carbocycles. The van der Waals surface area contributed by atoms with E-state index in [9.17, 15) is 0 Å². The summed E-state index contributed by atoms with van der Waals surface area (Å²) in [6.07, 6.45) is 10.0. The lowest BCUT2D eigenvalue weighted by atomic mass is 10.5. The minimum atomic E-state index is 0. The van der Waals surface area contributed by atoms with E-state index in [1.54, 1.807) is 0 Å². The van der Waals surface area contributed by atoms with Crippen LogP contribution in [0, 0.1) is 24.7 Å². The van der Waals surface area contributed by atoms with Crippen molar-refractivity contribution in [3.63, 3.8) is 0 Å². The maximum Gasteiger partial charge on any atom is 0.140 e. The van der Waals surface area contributed by atoms with Crippen LogP contribution in [0.15, 0.2) is 0 Å². The summed E-state index contributed by atoms with van der Waals surface area (Å²) in [5, 5.41) is 0. The topological polar surface area (TPSA) is 3.24 Å². The third-order valence-corrected chi connectivity index (χ3v) is 2.61. The van der Waals surface area contributed by atoms with Gasteiger partial charge in [0.2, 0.25) is 0 Å². The summed E-state index contributed by atoms with van der Waals surface area (Å²) < 4.78 is 1.72. The molecule has 18 heavy (non-hydrogen) atoms. The van der Waals surface area contributed by atoms with E-state index in [1.165, 1.54) is 0 Å². The predicted molar refractivity (Wildman–Crippen MR) is 100 cm³/mol. The first-order valence-corrected chi connectivity index (χ1v) is 8.19. The monoisotopic (exact) mass is 511 g/mol. The lowest BCUT2D eigenvalue weighted by Crippen LogP contribution is -2.38. The molecule has 0 aromatic heterocycles. The molecule has 2 nitrogen and oxygen atoms in total. The van der Waals surface area contributed by atoms with Gasteiger partial charge in [0, 0.05) is 0 Å². The number of halogens is 4. The number of alkyl halides is 3. The van der Waals surface area contributed by atoms with Crippen molar-refractivity contribution in [1.29, 1.82) is 0 Å². The fourth-order valence-electron chi connectivity index (χ4n) is 0.472. The fraction of sp³-hybridized carbons (Fsp3) is 0.667. The minimum absolute atomic E-state index is 0. The molecule has 0 amide bonds. The van der Waals surface area contributed by atoms with Crippen molar-refractivity contribution in [1.82, 2.24) is 4.90 Å². The van der Waals surface area contributed by atoms with Gasteiger partial charge in [0.1, 0.15) is 12.0 Å². The van der Waals surface area contributed by atoms with Crippen molar-refractivity contribution in [3.05, 3.63) is 0 Å². The molecule has 0 aromatic rings. The molecule has 6 heteroatoms. The van der Waals surface area contributed by atoms with Crippen molar-refractivity contribution < 1.29 is 4.48 Å². The van der Waals surface area contributed by atoms with Gasteiger partial charge in [0.15, 0.2) is 0 Å². The standard InChI is InChI=1S/C6H11BrN.C5H9N.CH2Br2.BrH/c1-4-5-8(2,3)6-7;1-4-5-6(2)3;2-1-3;/h1H,5-6H2,2-3H3;1H,5H2,2-3H3;1H2;1H/q+1;;;. The van der Waals surface area contributed by atoms with Crippen LogP contribution < -0.4 is 0 Å². The number of hydrogen-bond donors (Lipinski definition) is 0. The average Bonchev–Trinajstić information content (AvgIpc) is 2.19. The van der Waals surface area contributed by atoms with Crippen LogP contribution in [0.4, 0.5) is 0 Å². The van der Waals surface area contributed by atoms with Gasteiger partial charge < -0.3 is 4.48 Å². The highest BCUT2D eigenvalue weighted by molar-refractivity contribution is 9.24. The molecule has 0 unspecified atom stereocenters. The second-order valence-corrected chi connectivity index (χ2v) is 7.09. The van der Waals surface area contributed by atoms with Crippen molar-refractivity contribution >= 4 is 64.8 Å². The van der Waals surface area contributed by atoms with E-state index in [-0.39, 0.29) is 17.0 Å². The van der Waals surface area contributed by atoms with Gasteiger partial charge in [-0.3, -0.25) is 4.90 Å². The summed E-state index contributed by atoms with van der Waals surface area (Å²) in [4.78, 5) is 1.94. The number of nitrogens with zero attached hydrogens (tertiary/aromatic N) is 2. The van der Waals surface area contributed by atoms with Gasteiger partial charge >= 0.3 is 0 Å². The lowest BCUT2D eigenvalue weighted by Gasteiger charge is -2.23. The SMILES string of the molecule is Br.BrCBr.C#CCN(C)C.C#CC[N+](C)(C)CBr. The van der Waals surface area contributed by atoms with Crippen molar-refractivity contribution in [2.45, 2.75) is 0 Å². The Bertz CT molecular complexity index is 229. The molecule has 0 aliphatic heterocycles. The quantitative estimate of drug-likeness (QED) is 0.241. The number of quaternary nitrogens is 1. The largest absolute Gasteiger partial charge is 0.310 e. The van der Waals surface area contributed by atoms with Gasteiger partial charge in [0.25, 0.3) is 0 Å². The highest BCUT2D eigenvalue weighted by Crippen LogP contribution is 1.98. The molecule has 0 saturated heterocycles. The van der Waals surface area contributed by atoms with E-state index in [0.717, 1.165) is 27.3 Å². The Morgan fingerprint density at radius 2 is 1.44 bits per heavy atom. The van der Waals surface area contributed by atoms with Gasteiger partial charge in [-0.15, -0.1) is 29.8 Å². The van der Waals surface area contributed by atoms with Crippen LogP contribution in [0.25, 0.3) is 0 Å². The zero-order chi connectivity index (χ0) is 14.3. The van der Waals surface area contributed by atoms with Gasteiger partial charge in [-0.1, -0.05) is 37.8 Å². The molecular formula is C12H23Br4N2+. The molecule has 108 valence electrons. The number of terminal acetylenes is 2. The zero-order valence-corrected chi connectivity index (χ0v) is 17.9. The maximum atomic E-state index is 5.10. The van der Waals surface area contributed by atoms with Crippen molar-refractivity contribution in [3.8, 4) is 24.7 Å². The van der Waals surface area contributed by atoms with E-state index in [1.807, 2.05) is 19.0 Å². The van der Waals surface area contributed by atoms with E-state index in [4.69, 9.17) is 12.8 Å². The lowest BCUT2D eigenvalue weighted by molar-refractivity contribution is -0.868. The van der Waals surface area contributed by atoms with E-state index < -0.39 is 0 Å². The molecule has 0 atom stereocenters. The van der Waals surface area contributed by atoms with E-state index in [2.05, 4.69) is 73.7 Å². The summed E-state index contributed by atoms with van der Waals surface area (Å²) >= 11 is 9.47. The second-order valence-electron chi connectivity index (χ2n) is 3.96.